The second-order valence-electron chi connectivity index (χ2n) is 4.05. The van der Waals surface area contributed by atoms with E-state index in [-0.39, 0.29) is 5.82 Å². The van der Waals surface area contributed by atoms with Crippen molar-refractivity contribution in [3.05, 3.63) is 58.1 Å². The third-order valence-electron chi connectivity index (χ3n) is 2.84. The lowest BCUT2D eigenvalue weighted by molar-refractivity contribution is 0.173. The van der Waals surface area contributed by atoms with Crippen molar-refractivity contribution < 1.29 is 14.2 Å². The monoisotopic (exact) mass is 325 g/mol. The molecule has 1 N–H and O–H groups in total. The first-order valence-corrected chi connectivity index (χ1v) is 6.51. The third kappa shape index (κ3) is 3.11. The van der Waals surface area contributed by atoms with Crippen LogP contribution in [0.2, 0.25) is 0 Å². The summed E-state index contributed by atoms with van der Waals surface area (Å²) in [4.78, 5) is 3.93. The van der Waals surface area contributed by atoms with E-state index in [4.69, 9.17) is 4.74 Å². The normalized spacial score (nSPS) is 12.2. The van der Waals surface area contributed by atoms with Crippen LogP contribution in [0.15, 0.2) is 41.1 Å². The van der Waals surface area contributed by atoms with Crippen LogP contribution in [0.1, 0.15) is 17.2 Å². The molecule has 5 heteroatoms. The molecule has 2 aromatic rings. The van der Waals surface area contributed by atoms with Gasteiger partial charge >= 0.3 is 0 Å². The average Bonchev–Trinajstić information content (AvgIpc) is 2.43. The molecule has 0 bridgehead atoms. The van der Waals surface area contributed by atoms with Gasteiger partial charge in [0.15, 0.2) is 0 Å². The van der Waals surface area contributed by atoms with E-state index < -0.39 is 6.10 Å². The van der Waals surface area contributed by atoms with E-state index in [0.717, 1.165) is 0 Å². The molecule has 0 aliphatic heterocycles. The molecule has 0 spiro atoms. The molecular formula is C14H13BrFNO2. The highest BCUT2D eigenvalue weighted by atomic mass is 79.9. The van der Waals surface area contributed by atoms with Gasteiger partial charge in [0.2, 0.25) is 0 Å². The molecule has 0 amide bonds. The summed E-state index contributed by atoms with van der Waals surface area (Å²) >= 11 is 3.19. The van der Waals surface area contributed by atoms with Crippen LogP contribution in [-0.2, 0) is 6.42 Å². The smallest absolute Gasteiger partial charge is 0.142 e. The summed E-state index contributed by atoms with van der Waals surface area (Å²) in [7, 11) is 1.52. The van der Waals surface area contributed by atoms with Crippen LogP contribution in [0.25, 0.3) is 0 Å². The summed E-state index contributed by atoms with van der Waals surface area (Å²) in [5.41, 5.74) is 1.33. The second kappa shape index (κ2) is 6.12. The highest BCUT2D eigenvalue weighted by molar-refractivity contribution is 9.10. The van der Waals surface area contributed by atoms with Gasteiger partial charge in [-0.3, -0.25) is 4.98 Å². The van der Waals surface area contributed by atoms with Gasteiger partial charge in [-0.15, -0.1) is 0 Å². The van der Waals surface area contributed by atoms with E-state index in [0.29, 0.717) is 27.8 Å². The lowest BCUT2D eigenvalue weighted by atomic mass is 10.0. The predicted octanol–water partition coefficient (Wildman–Crippen LogP) is 3.27. The minimum Gasteiger partial charge on any atom is -0.495 e. The van der Waals surface area contributed by atoms with Crippen molar-refractivity contribution in [3.8, 4) is 5.75 Å². The van der Waals surface area contributed by atoms with Crippen LogP contribution in [0, 0.1) is 5.82 Å². The Bertz CT molecular complexity index is 577. The van der Waals surface area contributed by atoms with Crippen LogP contribution in [0.4, 0.5) is 4.39 Å². The van der Waals surface area contributed by atoms with Gasteiger partial charge in [-0.2, -0.15) is 0 Å². The number of ether oxygens (including phenoxy) is 1. The third-order valence-corrected chi connectivity index (χ3v) is 3.73. The van der Waals surface area contributed by atoms with Gasteiger partial charge in [0.25, 0.3) is 0 Å². The first-order valence-electron chi connectivity index (χ1n) is 5.72. The molecule has 1 aromatic carbocycles. The molecule has 1 aromatic heterocycles. The number of pyridine rings is 1. The van der Waals surface area contributed by atoms with E-state index in [1.54, 1.807) is 30.6 Å². The highest BCUT2D eigenvalue weighted by Gasteiger charge is 2.16. The number of aliphatic hydroxyl groups excluding tert-OH is 1. The van der Waals surface area contributed by atoms with E-state index >= 15 is 0 Å². The van der Waals surface area contributed by atoms with E-state index in [2.05, 4.69) is 20.9 Å². The summed E-state index contributed by atoms with van der Waals surface area (Å²) in [6.45, 7) is 0. The minimum absolute atomic E-state index is 0.290. The Kier molecular flexibility index (Phi) is 4.50. The Morgan fingerprint density at radius 2 is 2.21 bits per heavy atom. The van der Waals surface area contributed by atoms with Crippen LogP contribution >= 0.6 is 15.9 Å². The number of aliphatic hydroxyl groups is 1. The minimum atomic E-state index is -0.781. The van der Waals surface area contributed by atoms with Gasteiger partial charge in [0.05, 0.1) is 23.9 Å². The Hall–Kier alpha value is -1.46. The summed E-state index contributed by atoms with van der Waals surface area (Å²) < 4.78 is 18.9. The number of hydrogen-bond acceptors (Lipinski definition) is 3. The maximum absolute atomic E-state index is 13.4. The summed E-state index contributed by atoms with van der Waals surface area (Å²) in [5.74, 6) is 0.175. The zero-order chi connectivity index (χ0) is 13.8. The molecule has 1 unspecified atom stereocenters. The Labute approximate surface area is 119 Å². The van der Waals surface area contributed by atoms with Crippen LogP contribution in [-0.4, -0.2) is 17.2 Å². The number of benzene rings is 1. The molecular weight excluding hydrogens is 313 g/mol. The lowest BCUT2D eigenvalue weighted by Crippen LogP contribution is -2.05. The average molecular weight is 326 g/mol. The molecule has 100 valence electrons. The zero-order valence-electron chi connectivity index (χ0n) is 10.3. The molecule has 1 heterocycles. The number of aromatic nitrogens is 1. The Morgan fingerprint density at radius 1 is 1.42 bits per heavy atom. The number of methoxy groups -OCH3 is 1. The number of nitrogens with zero attached hydrogens (tertiary/aromatic N) is 1. The SMILES string of the molecule is COc1cnccc1C(O)Cc1cccc(F)c1Br. The summed E-state index contributed by atoms with van der Waals surface area (Å²) in [6, 6.07) is 6.44. The highest BCUT2D eigenvalue weighted by Crippen LogP contribution is 2.29. The van der Waals surface area contributed by atoms with E-state index in [1.165, 1.54) is 13.2 Å². The van der Waals surface area contributed by atoms with Gasteiger partial charge in [-0.05, 0) is 33.6 Å². The Morgan fingerprint density at radius 3 is 2.95 bits per heavy atom. The van der Waals surface area contributed by atoms with E-state index in [9.17, 15) is 9.50 Å². The number of rotatable bonds is 4. The van der Waals surface area contributed by atoms with Crippen LogP contribution < -0.4 is 4.74 Å². The molecule has 3 nitrogen and oxygen atoms in total. The molecule has 0 saturated carbocycles. The van der Waals surface area contributed by atoms with Crippen molar-refractivity contribution in [1.82, 2.24) is 4.98 Å². The largest absolute Gasteiger partial charge is 0.495 e. The number of hydrogen-bond donors (Lipinski definition) is 1. The standard InChI is InChI=1S/C14H13BrFNO2/c1-19-13-8-17-6-5-10(13)12(18)7-9-3-2-4-11(16)14(9)15/h2-6,8,12,18H,7H2,1H3. The molecule has 0 aliphatic rings. The predicted molar refractivity (Wildman–Crippen MR) is 73.6 cm³/mol. The maximum atomic E-state index is 13.4. The van der Waals surface area contributed by atoms with Gasteiger partial charge in [-0.25, -0.2) is 4.39 Å². The summed E-state index contributed by atoms with van der Waals surface area (Å²) in [6.07, 6.45) is 2.63. The van der Waals surface area contributed by atoms with Gasteiger partial charge in [0, 0.05) is 18.2 Å². The summed E-state index contributed by atoms with van der Waals surface area (Å²) in [5, 5.41) is 10.3. The first-order chi connectivity index (χ1) is 9.13. The van der Waals surface area contributed by atoms with Crippen LogP contribution in [0.3, 0.4) is 0 Å². The maximum Gasteiger partial charge on any atom is 0.142 e. The van der Waals surface area contributed by atoms with Crippen molar-refractivity contribution in [2.45, 2.75) is 12.5 Å². The second-order valence-corrected chi connectivity index (χ2v) is 4.84. The van der Waals surface area contributed by atoms with Crippen molar-refractivity contribution in [1.29, 1.82) is 0 Å². The topological polar surface area (TPSA) is 42.4 Å². The zero-order valence-corrected chi connectivity index (χ0v) is 11.9. The van der Waals surface area contributed by atoms with Crippen molar-refractivity contribution in [3.63, 3.8) is 0 Å². The molecule has 2 rings (SSSR count). The fraction of sp³-hybridized carbons (Fsp3) is 0.214. The van der Waals surface area contributed by atoms with Gasteiger partial charge < -0.3 is 9.84 Å². The molecule has 0 saturated heterocycles. The quantitative estimate of drug-likeness (QED) is 0.938. The fourth-order valence-electron chi connectivity index (χ4n) is 1.86. The van der Waals surface area contributed by atoms with Gasteiger partial charge in [0.1, 0.15) is 11.6 Å². The molecule has 19 heavy (non-hydrogen) atoms. The van der Waals surface area contributed by atoms with Crippen molar-refractivity contribution in [2.24, 2.45) is 0 Å². The van der Waals surface area contributed by atoms with Gasteiger partial charge in [-0.1, -0.05) is 12.1 Å². The van der Waals surface area contributed by atoms with E-state index in [1.807, 2.05) is 0 Å². The lowest BCUT2D eigenvalue weighted by Gasteiger charge is -2.15. The molecule has 0 aliphatic carbocycles. The van der Waals surface area contributed by atoms with Crippen LogP contribution in [0.5, 0.6) is 5.75 Å². The Balaban J connectivity index is 2.26. The fourth-order valence-corrected chi connectivity index (χ4v) is 2.29. The van der Waals surface area contributed by atoms with Crippen molar-refractivity contribution >= 4 is 15.9 Å². The van der Waals surface area contributed by atoms with Crippen molar-refractivity contribution in [2.75, 3.05) is 7.11 Å². The molecule has 1 atom stereocenters. The molecule has 0 fully saturated rings. The first kappa shape index (κ1) is 14.0. The molecule has 0 radical (unpaired) electrons. The number of halogens is 2.